The van der Waals surface area contributed by atoms with Crippen molar-refractivity contribution in [3.8, 4) is 11.6 Å². The van der Waals surface area contributed by atoms with E-state index in [4.69, 9.17) is 32.1 Å². The molecule has 2 aromatic heterocycles. The lowest BCUT2D eigenvalue weighted by Gasteiger charge is -2.36. The topological polar surface area (TPSA) is 84.4 Å². The molecule has 134 valence electrons. The summed E-state index contributed by atoms with van der Waals surface area (Å²) in [6.45, 7) is 1.62. The van der Waals surface area contributed by atoms with Gasteiger partial charge in [-0.2, -0.15) is 4.98 Å². The van der Waals surface area contributed by atoms with Crippen LogP contribution in [0.3, 0.4) is 0 Å². The molecule has 1 fully saturated rings. The SMILES string of the molecule is O=C(CN1CC(c2nc(-c3ccco3)no2)C1)Nc1ccc(Cl)c(Cl)c1. The van der Waals surface area contributed by atoms with Crippen molar-refractivity contribution in [2.24, 2.45) is 0 Å². The number of amides is 1. The average Bonchev–Trinajstić information content (AvgIpc) is 3.24. The number of carbonyl (C=O) groups excluding carboxylic acids is 1. The Morgan fingerprint density at radius 1 is 1.27 bits per heavy atom. The molecule has 4 rings (SSSR count). The van der Waals surface area contributed by atoms with Gasteiger partial charge in [0.1, 0.15) is 0 Å². The lowest BCUT2D eigenvalue weighted by Crippen LogP contribution is -2.48. The number of hydrogen-bond acceptors (Lipinski definition) is 6. The molecule has 0 spiro atoms. The van der Waals surface area contributed by atoms with Crippen LogP contribution in [0.15, 0.2) is 45.5 Å². The molecule has 3 aromatic rings. The third kappa shape index (κ3) is 3.60. The van der Waals surface area contributed by atoms with Crippen molar-refractivity contribution in [1.29, 1.82) is 0 Å². The van der Waals surface area contributed by atoms with Crippen LogP contribution in [-0.2, 0) is 4.79 Å². The standard InChI is InChI=1S/C17H14Cl2N4O3/c18-12-4-3-11(6-13(12)19)20-15(24)9-23-7-10(8-23)17-21-16(22-26-17)14-2-1-5-25-14/h1-6,10H,7-9H2,(H,20,24). The number of benzene rings is 1. The Morgan fingerprint density at radius 3 is 2.85 bits per heavy atom. The Kier molecular flexibility index (Phi) is 4.67. The number of likely N-dealkylation sites (tertiary alicyclic amines) is 1. The van der Waals surface area contributed by atoms with Gasteiger partial charge >= 0.3 is 0 Å². The van der Waals surface area contributed by atoms with Crippen molar-refractivity contribution in [3.05, 3.63) is 52.5 Å². The Bertz CT molecular complexity index is 920. The van der Waals surface area contributed by atoms with E-state index in [1.54, 1.807) is 36.6 Å². The van der Waals surface area contributed by atoms with E-state index < -0.39 is 0 Å². The van der Waals surface area contributed by atoms with Crippen LogP contribution in [0.4, 0.5) is 5.69 Å². The van der Waals surface area contributed by atoms with E-state index in [0.29, 0.717) is 46.3 Å². The molecule has 9 heteroatoms. The van der Waals surface area contributed by atoms with Crippen molar-refractivity contribution in [3.63, 3.8) is 0 Å². The summed E-state index contributed by atoms with van der Waals surface area (Å²) in [6, 6.07) is 8.51. The number of aromatic nitrogens is 2. The average molecular weight is 393 g/mol. The number of furan rings is 1. The monoisotopic (exact) mass is 392 g/mol. The number of carbonyl (C=O) groups is 1. The van der Waals surface area contributed by atoms with Crippen LogP contribution < -0.4 is 5.32 Å². The summed E-state index contributed by atoms with van der Waals surface area (Å²) in [5.41, 5.74) is 0.612. The lowest BCUT2D eigenvalue weighted by molar-refractivity contribution is -0.118. The highest BCUT2D eigenvalue weighted by Crippen LogP contribution is 2.28. The van der Waals surface area contributed by atoms with Crippen molar-refractivity contribution in [2.45, 2.75) is 5.92 Å². The third-order valence-electron chi connectivity index (χ3n) is 4.06. The van der Waals surface area contributed by atoms with Gasteiger partial charge in [0.15, 0.2) is 5.76 Å². The van der Waals surface area contributed by atoms with Gasteiger partial charge in [0.25, 0.3) is 0 Å². The maximum Gasteiger partial charge on any atom is 0.238 e. The first-order chi connectivity index (χ1) is 12.6. The molecule has 1 aliphatic heterocycles. The predicted octanol–water partition coefficient (Wildman–Crippen LogP) is 3.67. The number of nitrogens with one attached hydrogen (secondary N) is 1. The molecule has 1 aliphatic rings. The van der Waals surface area contributed by atoms with Gasteiger partial charge in [-0.15, -0.1) is 0 Å². The van der Waals surface area contributed by atoms with Crippen LogP contribution in [0.5, 0.6) is 0 Å². The first-order valence-corrected chi connectivity index (χ1v) is 8.69. The largest absolute Gasteiger partial charge is 0.461 e. The minimum Gasteiger partial charge on any atom is -0.461 e. The molecule has 1 aromatic carbocycles. The fraction of sp³-hybridized carbons (Fsp3) is 0.235. The molecule has 0 bridgehead atoms. The van der Waals surface area contributed by atoms with Crippen molar-refractivity contribution < 1.29 is 13.7 Å². The zero-order valence-electron chi connectivity index (χ0n) is 13.5. The highest BCUT2D eigenvalue weighted by atomic mass is 35.5. The van der Waals surface area contributed by atoms with Crippen LogP contribution in [0.25, 0.3) is 11.6 Å². The number of nitrogens with zero attached hydrogens (tertiary/aromatic N) is 3. The predicted molar refractivity (Wildman–Crippen MR) is 96.3 cm³/mol. The fourth-order valence-electron chi connectivity index (χ4n) is 2.74. The van der Waals surface area contributed by atoms with Crippen molar-refractivity contribution >= 4 is 34.8 Å². The first-order valence-electron chi connectivity index (χ1n) is 7.93. The zero-order valence-corrected chi connectivity index (χ0v) is 15.0. The van der Waals surface area contributed by atoms with Crippen LogP contribution in [0.2, 0.25) is 10.0 Å². The second kappa shape index (κ2) is 7.11. The fourth-order valence-corrected chi connectivity index (χ4v) is 3.04. The van der Waals surface area contributed by atoms with Gasteiger partial charge in [0.2, 0.25) is 17.6 Å². The van der Waals surface area contributed by atoms with Gasteiger partial charge in [-0.05, 0) is 30.3 Å². The number of rotatable bonds is 5. The van der Waals surface area contributed by atoms with E-state index in [1.807, 2.05) is 4.90 Å². The second-order valence-electron chi connectivity index (χ2n) is 6.00. The molecule has 3 heterocycles. The van der Waals surface area contributed by atoms with Gasteiger partial charge in [-0.3, -0.25) is 9.69 Å². The molecule has 7 nitrogen and oxygen atoms in total. The molecule has 0 saturated carbocycles. The van der Waals surface area contributed by atoms with Gasteiger partial charge in [0, 0.05) is 18.8 Å². The minimum absolute atomic E-state index is 0.115. The second-order valence-corrected chi connectivity index (χ2v) is 6.82. The molecule has 0 unspecified atom stereocenters. The van der Waals surface area contributed by atoms with Gasteiger partial charge in [-0.1, -0.05) is 28.4 Å². The molecule has 1 amide bonds. The maximum atomic E-state index is 12.1. The van der Waals surface area contributed by atoms with Crippen LogP contribution >= 0.6 is 23.2 Å². The van der Waals surface area contributed by atoms with Gasteiger partial charge in [-0.25, -0.2) is 0 Å². The molecule has 0 aliphatic carbocycles. The molecular weight excluding hydrogens is 379 g/mol. The Hall–Kier alpha value is -2.35. The molecule has 0 atom stereocenters. The number of hydrogen-bond donors (Lipinski definition) is 1. The maximum absolute atomic E-state index is 12.1. The summed E-state index contributed by atoms with van der Waals surface area (Å²) >= 11 is 11.8. The molecule has 26 heavy (non-hydrogen) atoms. The van der Waals surface area contributed by atoms with E-state index in [-0.39, 0.29) is 18.4 Å². The van der Waals surface area contributed by atoms with Crippen LogP contribution in [0.1, 0.15) is 11.8 Å². The quantitative estimate of drug-likeness (QED) is 0.712. The summed E-state index contributed by atoms with van der Waals surface area (Å²) in [5, 5.41) is 7.56. The normalized spacial score (nSPS) is 15.0. The van der Waals surface area contributed by atoms with Crippen LogP contribution in [-0.4, -0.2) is 40.6 Å². The summed E-state index contributed by atoms with van der Waals surface area (Å²) in [5.74, 6) is 1.54. The molecule has 1 N–H and O–H groups in total. The summed E-state index contributed by atoms with van der Waals surface area (Å²) in [4.78, 5) is 18.5. The summed E-state index contributed by atoms with van der Waals surface area (Å²) in [6.07, 6.45) is 1.56. The van der Waals surface area contributed by atoms with Crippen molar-refractivity contribution in [1.82, 2.24) is 15.0 Å². The first kappa shape index (κ1) is 17.1. The van der Waals surface area contributed by atoms with E-state index in [9.17, 15) is 4.79 Å². The Balaban J connectivity index is 1.28. The van der Waals surface area contributed by atoms with E-state index in [0.717, 1.165) is 0 Å². The molecule has 0 radical (unpaired) electrons. The highest BCUT2D eigenvalue weighted by molar-refractivity contribution is 6.42. The number of anilines is 1. The Morgan fingerprint density at radius 2 is 2.12 bits per heavy atom. The number of halogens is 2. The van der Waals surface area contributed by atoms with E-state index in [1.165, 1.54) is 0 Å². The smallest absolute Gasteiger partial charge is 0.238 e. The van der Waals surface area contributed by atoms with E-state index in [2.05, 4.69) is 15.5 Å². The van der Waals surface area contributed by atoms with E-state index >= 15 is 0 Å². The summed E-state index contributed by atoms with van der Waals surface area (Å²) < 4.78 is 10.5. The Labute approximate surface area is 158 Å². The van der Waals surface area contributed by atoms with Gasteiger partial charge < -0.3 is 14.3 Å². The third-order valence-corrected chi connectivity index (χ3v) is 4.80. The summed E-state index contributed by atoms with van der Waals surface area (Å²) in [7, 11) is 0. The van der Waals surface area contributed by atoms with Crippen molar-refractivity contribution in [2.75, 3.05) is 25.0 Å². The highest BCUT2D eigenvalue weighted by Gasteiger charge is 2.33. The minimum atomic E-state index is -0.122. The molecule has 1 saturated heterocycles. The lowest BCUT2D eigenvalue weighted by atomic mass is 10.0. The molecular formula is C17H14Cl2N4O3. The van der Waals surface area contributed by atoms with Gasteiger partial charge in [0.05, 0.1) is 28.8 Å². The van der Waals surface area contributed by atoms with Crippen LogP contribution in [0, 0.1) is 0 Å². The zero-order chi connectivity index (χ0) is 18.1.